The maximum atomic E-state index is 12.1. The van der Waals surface area contributed by atoms with E-state index in [9.17, 15) is 4.79 Å². The summed E-state index contributed by atoms with van der Waals surface area (Å²) in [6, 6.07) is 5.20. The molecule has 6 nitrogen and oxygen atoms in total. The second-order valence-electron chi connectivity index (χ2n) is 7.46. The van der Waals surface area contributed by atoms with Crippen LogP contribution in [0.25, 0.3) is 11.3 Å². The van der Waals surface area contributed by atoms with Crippen molar-refractivity contribution in [3.8, 4) is 11.3 Å². The molecule has 1 fully saturated rings. The summed E-state index contributed by atoms with van der Waals surface area (Å²) in [5.74, 6) is 1.08. The number of hydrogen-bond donors (Lipinski definition) is 1. The van der Waals surface area contributed by atoms with E-state index in [2.05, 4.69) is 29.0 Å². The smallest absolute Gasteiger partial charge is 0.220 e. The molecular formula is C21H27Cl2N3O3. The Morgan fingerprint density at radius 1 is 1.28 bits per heavy atom. The third-order valence-corrected chi connectivity index (χ3v) is 5.33. The van der Waals surface area contributed by atoms with E-state index in [0.717, 1.165) is 31.6 Å². The molecule has 2 aromatic rings. The van der Waals surface area contributed by atoms with Gasteiger partial charge in [0.2, 0.25) is 5.91 Å². The lowest BCUT2D eigenvalue weighted by Crippen LogP contribution is -2.46. The highest BCUT2D eigenvalue weighted by molar-refractivity contribution is 6.36. The quantitative estimate of drug-likeness (QED) is 0.624. The van der Waals surface area contributed by atoms with Crippen LogP contribution in [0.15, 0.2) is 28.8 Å². The first-order chi connectivity index (χ1) is 13.9. The third kappa shape index (κ3) is 6.71. The molecule has 1 aromatic heterocycles. The first-order valence-electron chi connectivity index (χ1n) is 9.95. The second kappa shape index (κ2) is 10.4. The van der Waals surface area contributed by atoms with Crippen molar-refractivity contribution in [3.05, 3.63) is 40.3 Å². The van der Waals surface area contributed by atoms with E-state index in [-0.39, 0.29) is 18.1 Å². The molecule has 0 aliphatic carbocycles. The van der Waals surface area contributed by atoms with E-state index in [1.54, 1.807) is 24.4 Å². The van der Waals surface area contributed by atoms with Gasteiger partial charge in [-0.3, -0.25) is 9.69 Å². The number of carbonyl (C=O) groups is 1. The second-order valence-corrected chi connectivity index (χ2v) is 8.31. The average molecular weight is 440 g/mol. The minimum Gasteiger partial charge on any atom is -0.441 e. The highest BCUT2D eigenvalue weighted by Gasteiger charge is 2.21. The van der Waals surface area contributed by atoms with Crippen molar-refractivity contribution in [2.24, 2.45) is 0 Å². The predicted octanol–water partition coefficient (Wildman–Crippen LogP) is 4.20. The lowest BCUT2D eigenvalue weighted by atomic mass is 10.2. The fourth-order valence-corrected chi connectivity index (χ4v) is 4.05. The molecule has 1 aliphatic heterocycles. The summed E-state index contributed by atoms with van der Waals surface area (Å²) < 4.78 is 11.5. The van der Waals surface area contributed by atoms with E-state index in [1.807, 2.05) is 0 Å². The summed E-state index contributed by atoms with van der Waals surface area (Å²) in [5, 5.41) is 4.03. The predicted molar refractivity (Wildman–Crippen MR) is 114 cm³/mol. The summed E-state index contributed by atoms with van der Waals surface area (Å²) in [4.78, 5) is 18.7. The Hall–Kier alpha value is -1.60. The SMILES string of the molecule is CC1CN(CCCNC(=O)CCc2ncc(-c3ccc(Cl)cc3Cl)o2)CC(C)O1. The Morgan fingerprint density at radius 3 is 2.76 bits per heavy atom. The standard InChI is InChI=1S/C21H27Cl2N3O3/c1-14-12-26(13-15(2)28-14)9-3-8-24-20(27)6-7-21-25-11-19(29-21)17-5-4-16(22)10-18(17)23/h4-5,10-11,14-15H,3,6-9,12-13H2,1-2H3,(H,24,27). The summed E-state index contributed by atoms with van der Waals surface area (Å²) in [7, 11) is 0. The van der Waals surface area contributed by atoms with Crippen LogP contribution in [0.3, 0.4) is 0 Å². The van der Waals surface area contributed by atoms with Crippen molar-refractivity contribution in [2.45, 2.75) is 45.3 Å². The van der Waals surface area contributed by atoms with Crippen molar-refractivity contribution < 1.29 is 13.9 Å². The third-order valence-electron chi connectivity index (χ3n) is 4.78. The van der Waals surface area contributed by atoms with Gasteiger partial charge in [-0.15, -0.1) is 0 Å². The molecule has 1 aliphatic rings. The van der Waals surface area contributed by atoms with Crippen molar-refractivity contribution in [1.29, 1.82) is 0 Å². The van der Waals surface area contributed by atoms with Gasteiger partial charge in [-0.25, -0.2) is 4.98 Å². The summed E-state index contributed by atoms with van der Waals surface area (Å²) in [6.45, 7) is 7.71. The molecule has 2 heterocycles. The highest BCUT2D eigenvalue weighted by atomic mass is 35.5. The Morgan fingerprint density at radius 2 is 2.03 bits per heavy atom. The Balaban J connectivity index is 1.37. The molecule has 1 N–H and O–H groups in total. The number of nitrogens with zero attached hydrogens (tertiary/aromatic N) is 2. The highest BCUT2D eigenvalue weighted by Crippen LogP contribution is 2.30. The zero-order chi connectivity index (χ0) is 20.8. The van der Waals surface area contributed by atoms with Gasteiger partial charge in [0.25, 0.3) is 0 Å². The largest absolute Gasteiger partial charge is 0.441 e. The van der Waals surface area contributed by atoms with Gasteiger partial charge in [0.15, 0.2) is 11.7 Å². The van der Waals surface area contributed by atoms with Crippen LogP contribution < -0.4 is 5.32 Å². The van der Waals surface area contributed by atoms with Crippen molar-refractivity contribution in [1.82, 2.24) is 15.2 Å². The van der Waals surface area contributed by atoms with E-state index >= 15 is 0 Å². The molecule has 0 radical (unpaired) electrons. The molecule has 1 saturated heterocycles. The number of rotatable bonds is 8. The average Bonchev–Trinajstić information content (AvgIpc) is 3.11. The minimum absolute atomic E-state index is 0.00186. The van der Waals surface area contributed by atoms with E-state index < -0.39 is 0 Å². The lowest BCUT2D eigenvalue weighted by molar-refractivity contribution is -0.121. The molecule has 1 aromatic carbocycles. The van der Waals surface area contributed by atoms with Gasteiger partial charge in [0, 0.05) is 49.6 Å². The first kappa shape index (κ1) is 22.1. The molecule has 0 saturated carbocycles. The van der Waals surface area contributed by atoms with E-state index in [0.29, 0.717) is 41.1 Å². The number of ether oxygens (including phenoxy) is 1. The maximum Gasteiger partial charge on any atom is 0.220 e. The number of halogens is 2. The van der Waals surface area contributed by atoms with E-state index in [4.69, 9.17) is 32.4 Å². The lowest BCUT2D eigenvalue weighted by Gasteiger charge is -2.35. The molecule has 8 heteroatoms. The van der Waals surface area contributed by atoms with E-state index in [1.165, 1.54) is 0 Å². The van der Waals surface area contributed by atoms with Crippen LogP contribution >= 0.6 is 23.2 Å². The molecular weight excluding hydrogens is 413 g/mol. The van der Waals surface area contributed by atoms with Crippen LogP contribution in [0.2, 0.25) is 10.0 Å². The summed E-state index contributed by atoms with van der Waals surface area (Å²) in [6.07, 6.45) is 3.84. The number of morpholine rings is 1. The van der Waals surface area contributed by atoms with Gasteiger partial charge in [-0.05, 0) is 38.5 Å². The zero-order valence-electron chi connectivity index (χ0n) is 16.8. The van der Waals surface area contributed by atoms with Crippen LogP contribution in [0.5, 0.6) is 0 Å². The van der Waals surface area contributed by atoms with Gasteiger partial charge in [0.1, 0.15) is 0 Å². The molecule has 2 atom stereocenters. The van der Waals surface area contributed by atoms with Gasteiger partial charge >= 0.3 is 0 Å². The fourth-order valence-electron chi connectivity index (χ4n) is 3.55. The Kier molecular flexibility index (Phi) is 7.95. The number of aromatic nitrogens is 1. The van der Waals surface area contributed by atoms with Crippen LogP contribution in [0, 0.1) is 0 Å². The Bertz CT molecular complexity index is 817. The topological polar surface area (TPSA) is 67.6 Å². The van der Waals surface area contributed by atoms with Crippen molar-refractivity contribution in [3.63, 3.8) is 0 Å². The molecule has 2 unspecified atom stereocenters. The monoisotopic (exact) mass is 439 g/mol. The number of amides is 1. The summed E-state index contributed by atoms with van der Waals surface area (Å²) in [5.41, 5.74) is 0.728. The number of benzene rings is 1. The normalized spacial score (nSPS) is 20.0. The maximum absolute atomic E-state index is 12.1. The van der Waals surface area contributed by atoms with Crippen LogP contribution in [0.1, 0.15) is 32.6 Å². The van der Waals surface area contributed by atoms with Crippen molar-refractivity contribution >= 4 is 29.1 Å². The molecule has 29 heavy (non-hydrogen) atoms. The number of oxazole rings is 1. The number of carbonyl (C=O) groups excluding carboxylic acids is 1. The number of hydrogen-bond acceptors (Lipinski definition) is 5. The molecule has 3 rings (SSSR count). The van der Waals surface area contributed by atoms with Gasteiger partial charge < -0.3 is 14.5 Å². The summed E-state index contributed by atoms with van der Waals surface area (Å²) >= 11 is 12.1. The molecule has 158 valence electrons. The van der Waals surface area contributed by atoms with Crippen molar-refractivity contribution in [2.75, 3.05) is 26.2 Å². The zero-order valence-corrected chi connectivity index (χ0v) is 18.3. The fraction of sp³-hybridized carbons (Fsp3) is 0.524. The van der Waals surface area contributed by atoms with Crippen LogP contribution in [-0.4, -0.2) is 54.2 Å². The Labute approximate surface area is 181 Å². The molecule has 0 spiro atoms. The molecule has 1 amide bonds. The van der Waals surface area contributed by atoms with Gasteiger partial charge in [-0.1, -0.05) is 23.2 Å². The van der Waals surface area contributed by atoms with Gasteiger partial charge in [0.05, 0.1) is 23.4 Å². The number of aryl methyl sites for hydroxylation is 1. The van der Waals surface area contributed by atoms with Crippen LogP contribution in [0.4, 0.5) is 0 Å². The first-order valence-corrected chi connectivity index (χ1v) is 10.7. The molecule has 0 bridgehead atoms. The van der Waals surface area contributed by atoms with Gasteiger partial charge in [-0.2, -0.15) is 0 Å². The number of nitrogens with one attached hydrogen (secondary N) is 1. The van der Waals surface area contributed by atoms with Crippen LogP contribution in [-0.2, 0) is 16.0 Å². The minimum atomic E-state index is -0.00186.